The monoisotopic (exact) mass is 437 g/mol. The number of nitrogens with two attached hydrogens (primary N) is 1. The van der Waals surface area contributed by atoms with Crippen molar-refractivity contribution in [2.45, 2.75) is 6.92 Å². The number of methoxy groups -OCH3 is 1. The lowest BCUT2D eigenvalue weighted by molar-refractivity contribution is 0.0529. The summed E-state index contributed by atoms with van der Waals surface area (Å²) in [6, 6.07) is 25.4. The smallest absolute Gasteiger partial charge is 0.342 e. The van der Waals surface area contributed by atoms with Gasteiger partial charge in [0.1, 0.15) is 22.8 Å². The number of imidazole rings is 1. The summed E-state index contributed by atoms with van der Waals surface area (Å²) in [6.45, 7) is 2.02. The lowest BCUT2D eigenvalue weighted by Crippen LogP contribution is -2.13. The van der Waals surface area contributed by atoms with E-state index in [-0.39, 0.29) is 12.4 Å². The predicted octanol–water partition coefficient (Wildman–Crippen LogP) is 5.59. The molecule has 0 aliphatic rings. The molecule has 0 radical (unpaired) electrons. The summed E-state index contributed by atoms with van der Waals surface area (Å²) in [5.41, 5.74) is 11.1. The van der Waals surface area contributed by atoms with Crippen LogP contribution in [-0.2, 0) is 4.74 Å². The lowest BCUT2D eigenvalue weighted by Gasteiger charge is -2.15. The molecule has 33 heavy (non-hydrogen) atoms. The van der Waals surface area contributed by atoms with Crippen LogP contribution in [0.1, 0.15) is 17.3 Å². The molecule has 0 fully saturated rings. The van der Waals surface area contributed by atoms with Crippen LogP contribution in [0, 0.1) is 0 Å². The molecule has 164 valence electrons. The topological polar surface area (TPSA) is 78.9 Å². The van der Waals surface area contributed by atoms with Gasteiger partial charge in [-0.1, -0.05) is 60.7 Å². The van der Waals surface area contributed by atoms with Crippen LogP contribution in [0.2, 0.25) is 0 Å². The third-order valence-corrected chi connectivity index (χ3v) is 5.69. The Labute approximate surface area is 191 Å². The number of benzene rings is 3. The van der Waals surface area contributed by atoms with Crippen molar-refractivity contribution in [3.05, 3.63) is 84.4 Å². The molecule has 6 heteroatoms. The van der Waals surface area contributed by atoms with Gasteiger partial charge in [0.25, 0.3) is 0 Å². The predicted molar refractivity (Wildman–Crippen MR) is 130 cm³/mol. The van der Waals surface area contributed by atoms with Crippen molar-refractivity contribution in [2.24, 2.45) is 0 Å². The standard InChI is InChI=1S/C27H23N3O3/c1-3-33-27(31)22-20-15-14-19(32-2)16-21(20)26-29-23(17-10-6-4-7-11-17)24(30(26)25(22)28)18-12-8-5-9-13-18/h4-16H,3,28H2,1-2H3. The van der Waals surface area contributed by atoms with Crippen molar-refractivity contribution in [3.63, 3.8) is 0 Å². The zero-order valence-corrected chi connectivity index (χ0v) is 18.4. The second kappa shape index (κ2) is 8.31. The second-order valence-electron chi connectivity index (χ2n) is 7.59. The maximum atomic E-state index is 13.0. The molecule has 2 aromatic heterocycles. The van der Waals surface area contributed by atoms with Crippen molar-refractivity contribution >= 4 is 28.2 Å². The van der Waals surface area contributed by atoms with Gasteiger partial charge in [0.05, 0.1) is 25.1 Å². The molecule has 0 saturated carbocycles. The number of rotatable bonds is 5. The van der Waals surface area contributed by atoms with Gasteiger partial charge in [-0.15, -0.1) is 0 Å². The molecule has 0 bridgehead atoms. The highest BCUT2D eigenvalue weighted by molar-refractivity contribution is 6.13. The van der Waals surface area contributed by atoms with Crippen molar-refractivity contribution < 1.29 is 14.3 Å². The van der Waals surface area contributed by atoms with E-state index >= 15 is 0 Å². The quantitative estimate of drug-likeness (QED) is 0.363. The van der Waals surface area contributed by atoms with E-state index in [9.17, 15) is 4.79 Å². The average Bonchev–Trinajstić information content (AvgIpc) is 3.27. The first kappa shape index (κ1) is 20.6. The minimum absolute atomic E-state index is 0.249. The van der Waals surface area contributed by atoms with Gasteiger partial charge in [0.15, 0.2) is 0 Å². The highest BCUT2D eigenvalue weighted by Crippen LogP contribution is 2.39. The average molecular weight is 437 g/mol. The van der Waals surface area contributed by atoms with Crippen molar-refractivity contribution in [1.82, 2.24) is 9.38 Å². The zero-order chi connectivity index (χ0) is 22.9. The van der Waals surface area contributed by atoms with Gasteiger partial charge in [-0.25, -0.2) is 9.78 Å². The third kappa shape index (κ3) is 3.36. The van der Waals surface area contributed by atoms with E-state index in [1.165, 1.54) is 0 Å². The molecule has 2 heterocycles. The van der Waals surface area contributed by atoms with E-state index in [1.807, 2.05) is 77.2 Å². The van der Waals surface area contributed by atoms with Crippen LogP contribution >= 0.6 is 0 Å². The zero-order valence-electron chi connectivity index (χ0n) is 18.4. The van der Waals surface area contributed by atoms with Crippen molar-refractivity contribution in [3.8, 4) is 28.3 Å². The Bertz CT molecular complexity index is 1480. The van der Waals surface area contributed by atoms with E-state index < -0.39 is 5.97 Å². The van der Waals surface area contributed by atoms with Gasteiger partial charge in [-0.05, 0) is 25.1 Å². The molecule has 0 atom stereocenters. The molecule has 0 unspecified atom stereocenters. The number of aromatic nitrogens is 2. The Morgan fingerprint density at radius 1 is 0.939 bits per heavy atom. The van der Waals surface area contributed by atoms with Crippen LogP contribution in [0.4, 0.5) is 5.82 Å². The van der Waals surface area contributed by atoms with E-state index in [4.69, 9.17) is 20.2 Å². The normalized spacial score (nSPS) is 11.1. The van der Waals surface area contributed by atoms with Gasteiger partial charge in [-0.3, -0.25) is 4.40 Å². The van der Waals surface area contributed by atoms with Gasteiger partial charge in [-0.2, -0.15) is 0 Å². The number of fused-ring (bicyclic) bond motifs is 3. The van der Waals surface area contributed by atoms with E-state index in [1.54, 1.807) is 20.1 Å². The fraction of sp³-hybridized carbons (Fsp3) is 0.111. The first-order valence-corrected chi connectivity index (χ1v) is 10.7. The van der Waals surface area contributed by atoms with Crippen LogP contribution < -0.4 is 10.5 Å². The molecule has 0 amide bonds. The summed E-state index contributed by atoms with van der Waals surface area (Å²) in [6.07, 6.45) is 0. The summed E-state index contributed by atoms with van der Waals surface area (Å²) in [4.78, 5) is 18.1. The van der Waals surface area contributed by atoms with Gasteiger partial charge >= 0.3 is 5.97 Å². The van der Waals surface area contributed by atoms with Crippen LogP contribution in [0.15, 0.2) is 78.9 Å². The van der Waals surface area contributed by atoms with Crippen LogP contribution in [-0.4, -0.2) is 29.1 Å². The van der Waals surface area contributed by atoms with Crippen molar-refractivity contribution in [1.29, 1.82) is 0 Å². The number of anilines is 1. The minimum atomic E-state index is -0.471. The summed E-state index contributed by atoms with van der Waals surface area (Å²) in [5.74, 6) is 0.477. The molecule has 5 rings (SSSR count). The molecule has 2 N–H and O–H groups in total. The molecule has 0 spiro atoms. The Balaban J connectivity index is 1.99. The summed E-state index contributed by atoms with van der Waals surface area (Å²) in [5, 5.41) is 1.43. The molecule has 0 aliphatic heterocycles. The Morgan fingerprint density at radius 3 is 2.24 bits per heavy atom. The molecule has 0 saturated heterocycles. The van der Waals surface area contributed by atoms with E-state index in [2.05, 4.69) is 0 Å². The number of ether oxygens (including phenoxy) is 2. The first-order chi connectivity index (χ1) is 16.1. The number of hydrogen-bond donors (Lipinski definition) is 1. The highest BCUT2D eigenvalue weighted by Gasteiger charge is 2.25. The van der Waals surface area contributed by atoms with Gasteiger partial charge in [0, 0.05) is 21.9 Å². The number of pyridine rings is 1. The summed E-state index contributed by atoms with van der Waals surface area (Å²) >= 11 is 0. The number of hydrogen-bond acceptors (Lipinski definition) is 5. The number of esters is 1. The maximum Gasteiger partial charge on any atom is 0.342 e. The van der Waals surface area contributed by atoms with Gasteiger partial charge < -0.3 is 15.2 Å². The summed E-state index contributed by atoms with van der Waals surface area (Å²) < 4.78 is 12.7. The first-order valence-electron chi connectivity index (χ1n) is 10.7. The lowest BCUT2D eigenvalue weighted by atomic mass is 10.0. The van der Waals surface area contributed by atoms with Crippen LogP contribution in [0.25, 0.3) is 38.9 Å². The molecule has 6 nitrogen and oxygen atoms in total. The van der Waals surface area contributed by atoms with Crippen molar-refractivity contribution in [2.75, 3.05) is 19.5 Å². The Morgan fingerprint density at radius 2 is 1.61 bits per heavy atom. The molecule has 3 aromatic carbocycles. The largest absolute Gasteiger partial charge is 0.497 e. The minimum Gasteiger partial charge on any atom is -0.497 e. The van der Waals surface area contributed by atoms with Crippen LogP contribution in [0.5, 0.6) is 5.75 Å². The molecule has 5 aromatic rings. The Hall–Kier alpha value is -4.32. The Kier molecular flexibility index (Phi) is 5.18. The fourth-order valence-electron chi connectivity index (χ4n) is 4.22. The van der Waals surface area contributed by atoms with E-state index in [0.29, 0.717) is 22.3 Å². The van der Waals surface area contributed by atoms with Crippen LogP contribution in [0.3, 0.4) is 0 Å². The SMILES string of the molecule is CCOC(=O)c1c(N)n2c(-c3ccccc3)c(-c3ccccc3)nc2c2cc(OC)ccc12. The fourth-order valence-corrected chi connectivity index (χ4v) is 4.22. The number of carbonyl (C=O) groups is 1. The van der Waals surface area contributed by atoms with Gasteiger partial charge in [0.2, 0.25) is 0 Å². The molecular weight excluding hydrogens is 414 g/mol. The maximum absolute atomic E-state index is 13.0. The summed E-state index contributed by atoms with van der Waals surface area (Å²) in [7, 11) is 1.61. The number of nitrogen functional groups attached to an aromatic ring is 1. The number of carbonyl (C=O) groups excluding carboxylic acids is 1. The third-order valence-electron chi connectivity index (χ3n) is 5.69. The van der Waals surface area contributed by atoms with E-state index in [0.717, 1.165) is 27.9 Å². The highest BCUT2D eigenvalue weighted by atomic mass is 16.5. The second-order valence-corrected chi connectivity index (χ2v) is 7.59. The molecule has 0 aliphatic carbocycles. The molecular formula is C27H23N3O3. The number of nitrogens with zero attached hydrogens (tertiary/aromatic N) is 2.